The van der Waals surface area contributed by atoms with Crippen LogP contribution in [0.5, 0.6) is 5.75 Å². The molecule has 0 fully saturated rings. The monoisotopic (exact) mass is 222 g/mol. The van der Waals surface area contributed by atoms with Gasteiger partial charge in [-0.3, -0.25) is 4.79 Å². The number of aryl methyl sites for hydroxylation is 2. The fourth-order valence-corrected chi connectivity index (χ4v) is 1.59. The molecule has 0 spiro atoms. The zero-order valence-electron chi connectivity index (χ0n) is 10.2. The van der Waals surface area contributed by atoms with Crippen LogP contribution in [-0.2, 0) is 9.53 Å². The minimum atomic E-state index is -0.253. The molecule has 0 aliphatic carbocycles. The third-order valence-electron chi connectivity index (χ3n) is 2.21. The number of hydrogen-bond donors (Lipinski definition) is 0. The number of carbonyl (C=O) groups is 1. The average molecular weight is 222 g/mol. The molecule has 0 radical (unpaired) electrons. The van der Waals surface area contributed by atoms with Crippen molar-refractivity contribution >= 4 is 5.97 Å². The van der Waals surface area contributed by atoms with Crippen LogP contribution in [-0.4, -0.2) is 19.2 Å². The highest BCUT2D eigenvalue weighted by atomic mass is 16.5. The van der Waals surface area contributed by atoms with Crippen molar-refractivity contribution in [2.45, 2.75) is 33.3 Å². The van der Waals surface area contributed by atoms with E-state index in [9.17, 15) is 4.79 Å². The van der Waals surface area contributed by atoms with E-state index in [1.807, 2.05) is 32.9 Å². The van der Waals surface area contributed by atoms with Crippen molar-refractivity contribution in [1.82, 2.24) is 0 Å². The van der Waals surface area contributed by atoms with Gasteiger partial charge in [0.25, 0.3) is 0 Å². The second kappa shape index (κ2) is 5.54. The average Bonchev–Trinajstić information content (AvgIpc) is 2.15. The molecule has 0 amide bonds. The highest BCUT2D eigenvalue weighted by Gasteiger charge is 2.10. The number of carbonyl (C=O) groups excluding carboxylic acids is 1. The Kier molecular flexibility index (Phi) is 4.35. The lowest BCUT2D eigenvalue weighted by atomic mass is 10.1. The van der Waals surface area contributed by atoms with Gasteiger partial charge in [0.2, 0.25) is 0 Å². The summed E-state index contributed by atoms with van der Waals surface area (Å²) in [5.74, 6) is 0.547. The third kappa shape index (κ3) is 3.93. The number of benzene rings is 1. The van der Waals surface area contributed by atoms with E-state index in [0.29, 0.717) is 0 Å². The Morgan fingerprint density at radius 1 is 1.25 bits per heavy atom. The van der Waals surface area contributed by atoms with Crippen molar-refractivity contribution in [2.75, 3.05) is 7.11 Å². The molecule has 1 unspecified atom stereocenters. The molecule has 3 nitrogen and oxygen atoms in total. The maximum absolute atomic E-state index is 11.0. The molecule has 16 heavy (non-hydrogen) atoms. The van der Waals surface area contributed by atoms with Crippen molar-refractivity contribution in [1.29, 1.82) is 0 Å². The van der Waals surface area contributed by atoms with Crippen LogP contribution in [0.1, 0.15) is 24.5 Å². The molecule has 0 saturated heterocycles. The largest absolute Gasteiger partial charge is 0.490 e. The SMILES string of the molecule is COC(=O)CC(C)Oc1cc(C)cc(C)c1. The highest BCUT2D eigenvalue weighted by molar-refractivity contribution is 5.69. The number of esters is 1. The first-order valence-electron chi connectivity index (χ1n) is 5.33. The first kappa shape index (κ1) is 12.6. The summed E-state index contributed by atoms with van der Waals surface area (Å²) >= 11 is 0. The minimum absolute atomic E-state index is 0.173. The smallest absolute Gasteiger partial charge is 0.309 e. The van der Waals surface area contributed by atoms with E-state index in [0.717, 1.165) is 16.9 Å². The second-order valence-electron chi connectivity index (χ2n) is 4.03. The summed E-state index contributed by atoms with van der Waals surface area (Å²) in [5, 5.41) is 0. The molecule has 0 aliphatic heterocycles. The minimum Gasteiger partial charge on any atom is -0.490 e. The summed E-state index contributed by atoms with van der Waals surface area (Å²) in [5.41, 5.74) is 2.31. The van der Waals surface area contributed by atoms with E-state index in [1.54, 1.807) is 0 Å². The molecule has 0 aromatic heterocycles. The van der Waals surface area contributed by atoms with E-state index in [-0.39, 0.29) is 18.5 Å². The van der Waals surface area contributed by atoms with Gasteiger partial charge in [0.15, 0.2) is 0 Å². The van der Waals surface area contributed by atoms with E-state index in [4.69, 9.17) is 4.74 Å². The Labute approximate surface area is 96.4 Å². The maximum Gasteiger partial charge on any atom is 0.309 e. The predicted octanol–water partition coefficient (Wildman–Crippen LogP) is 2.63. The zero-order valence-corrected chi connectivity index (χ0v) is 10.2. The lowest BCUT2D eigenvalue weighted by molar-refractivity contribution is -0.142. The molecule has 1 rings (SSSR count). The molecular formula is C13H18O3. The van der Waals surface area contributed by atoms with E-state index >= 15 is 0 Å². The first-order valence-corrected chi connectivity index (χ1v) is 5.33. The molecule has 0 N–H and O–H groups in total. The fourth-order valence-electron chi connectivity index (χ4n) is 1.59. The van der Waals surface area contributed by atoms with Gasteiger partial charge in [0, 0.05) is 0 Å². The molecule has 1 aromatic carbocycles. The van der Waals surface area contributed by atoms with Crippen molar-refractivity contribution in [2.24, 2.45) is 0 Å². The van der Waals surface area contributed by atoms with Crippen molar-refractivity contribution in [3.05, 3.63) is 29.3 Å². The molecule has 0 bridgehead atoms. The standard InChI is InChI=1S/C13H18O3/c1-9-5-10(2)7-12(6-9)16-11(3)8-13(14)15-4/h5-7,11H,8H2,1-4H3. The quantitative estimate of drug-likeness (QED) is 0.735. The van der Waals surface area contributed by atoms with Gasteiger partial charge in [-0.1, -0.05) is 6.07 Å². The van der Waals surface area contributed by atoms with Gasteiger partial charge in [-0.25, -0.2) is 0 Å². The lowest BCUT2D eigenvalue weighted by Gasteiger charge is -2.14. The van der Waals surface area contributed by atoms with E-state index in [1.165, 1.54) is 7.11 Å². The van der Waals surface area contributed by atoms with Gasteiger partial charge in [-0.15, -0.1) is 0 Å². The number of rotatable bonds is 4. The van der Waals surface area contributed by atoms with Crippen LogP contribution in [0.4, 0.5) is 0 Å². The summed E-state index contributed by atoms with van der Waals surface area (Å²) in [7, 11) is 1.38. The Bertz CT molecular complexity index is 351. The van der Waals surface area contributed by atoms with Gasteiger partial charge in [0.05, 0.1) is 13.5 Å². The topological polar surface area (TPSA) is 35.5 Å². The van der Waals surface area contributed by atoms with Crippen LogP contribution in [0, 0.1) is 13.8 Å². The van der Waals surface area contributed by atoms with Crippen molar-refractivity contribution < 1.29 is 14.3 Å². The zero-order chi connectivity index (χ0) is 12.1. The van der Waals surface area contributed by atoms with Crippen LogP contribution in [0.2, 0.25) is 0 Å². The van der Waals surface area contributed by atoms with Crippen LogP contribution in [0.15, 0.2) is 18.2 Å². The van der Waals surface area contributed by atoms with Crippen LogP contribution >= 0.6 is 0 Å². The van der Waals surface area contributed by atoms with Gasteiger partial charge in [-0.2, -0.15) is 0 Å². The summed E-state index contributed by atoms with van der Waals surface area (Å²) < 4.78 is 10.2. The first-order chi connectivity index (χ1) is 7.51. The van der Waals surface area contributed by atoms with Crippen LogP contribution in [0.3, 0.4) is 0 Å². The van der Waals surface area contributed by atoms with Crippen LogP contribution in [0.25, 0.3) is 0 Å². The third-order valence-corrected chi connectivity index (χ3v) is 2.21. The molecular weight excluding hydrogens is 204 g/mol. The van der Waals surface area contributed by atoms with Gasteiger partial charge >= 0.3 is 5.97 Å². The molecule has 88 valence electrons. The molecule has 0 heterocycles. The number of ether oxygens (including phenoxy) is 2. The predicted molar refractivity (Wildman–Crippen MR) is 62.6 cm³/mol. The Hall–Kier alpha value is -1.51. The molecule has 0 aliphatic rings. The maximum atomic E-state index is 11.0. The van der Waals surface area contributed by atoms with Crippen molar-refractivity contribution in [3.8, 4) is 5.75 Å². The highest BCUT2D eigenvalue weighted by Crippen LogP contribution is 2.18. The van der Waals surface area contributed by atoms with E-state index < -0.39 is 0 Å². The summed E-state index contributed by atoms with van der Waals surface area (Å²) in [6, 6.07) is 6.00. The normalized spacial score (nSPS) is 12.0. The number of hydrogen-bond acceptors (Lipinski definition) is 3. The Morgan fingerprint density at radius 2 is 1.81 bits per heavy atom. The molecule has 0 saturated carbocycles. The van der Waals surface area contributed by atoms with Crippen molar-refractivity contribution in [3.63, 3.8) is 0 Å². The summed E-state index contributed by atoms with van der Waals surface area (Å²) in [6.45, 7) is 5.89. The lowest BCUT2D eigenvalue weighted by Crippen LogP contribution is -2.18. The van der Waals surface area contributed by atoms with Gasteiger partial charge in [-0.05, 0) is 44.0 Å². The molecule has 1 atom stereocenters. The summed E-state index contributed by atoms with van der Waals surface area (Å²) in [4.78, 5) is 11.0. The summed E-state index contributed by atoms with van der Waals surface area (Å²) in [6.07, 6.45) is 0.0948. The Morgan fingerprint density at radius 3 is 2.31 bits per heavy atom. The van der Waals surface area contributed by atoms with Gasteiger partial charge in [0.1, 0.15) is 11.9 Å². The van der Waals surface area contributed by atoms with Gasteiger partial charge < -0.3 is 9.47 Å². The Balaban J connectivity index is 2.62. The van der Waals surface area contributed by atoms with E-state index in [2.05, 4.69) is 10.8 Å². The fraction of sp³-hybridized carbons (Fsp3) is 0.462. The molecule has 1 aromatic rings. The van der Waals surface area contributed by atoms with Crippen LogP contribution < -0.4 is 4.74 Å². The molecule has 3 heteroatoms. The second-order valence-corrected chi connectivity index (χ2v) is 4.03. The number of methoxy groups -OCH3 is 1.